The molecule has 3 nitrogen and oxygen atoms in total. The summed E-state index contributed by atoms with van der Waals surface area (Å²) in [6, 6.07) is 19.7. The molecule has 0 radical (unpaired) electrons. The smallest absolute Gasteiger partial charge is 0.349 e. The fourth-order valence-corrected chi connectivity index (χ4v) is 4.32. The third kappa shape index (κ3) is 5.84. The van der Waals surface area contributed by atoms with E-state index in [1.807, 2.05) is 30.3 Å². The maximum Gasteiger partial charge on any atom is 0.416 e. The lowest BCUT2D eigenvalue weighted by molar-refractivity contribution is -0.231. The average Bonchev–Trinajstić information content (AvgIpc) is 2.80. The molecule has 1 heterocycles. The van der Waals surface area contributed by atoms with Crippen molar-refractivity contribution in [1.82, 2.24) is 4.90 Å². The summed E-state index contributed by atoms with van der Waals surface area (Å²) in [5.41, 5.74) is 2.15. The predicted octanol–water partition coefficient (Wildman–Crippen LogP) is 6.83. The summed E-state index contributed by atoms with van der Waals surface area (Å²) < 4.78 is 65.9. The normalized spacial score (nSPS) is 20.3. The topological polar surface area (TPSA) is 21.7 Å². The summed E-state index contributed by atoms with van der Waals surface area (Å²) in [5, 5.41) is 0. The molecule has 1 aliphatic rings. The van der Waals surface area contributed by atoms with Crippen molar-refractivity contribution in [1.29, 1.82) is 0 Å². The lowest BCUT2D eigenvalue weighted by Gasteiger charge is -2.42. The van der Waals surface area contributed by atoms with Crippen LogP contribution in [0, 0.1) is 12.7 Å². The molecule has 34 heavy (non-hydrogen) atoms. The first kappa shape index (κ1) is 24.4. The summed E-state index contributed by atoms with van der Waals surface area (Å²) in [6.45, 7) is 5.02. The number of benzene rings is 3. The number of hydrogen-bond acceptors (Lipinski definition) is 3. The fourth-order valence-electron chi connectivity index (χ4n) is 4.32. The van der Waals surface area contributed by atoms with Crippen LogP contribution >= 0.6 is 0 Å². The Kier molecular flexibility index (Phi) is 7.36. The van der Waals surface area contributed by atoms with Crippen molar-refractivity contribution in [3.05, 3.63) is 106 Å². The van der Waals surface area contributed by atoms with E-state index < -0.39 is 24.1 Å². The van der Waals surface area contributed by atoms with Crippen molar-refractivity contribution < 1.29 is 27.0 Å². The molecule has 1 fully saturated rings. The summed E-state index contributed by atoms with van der Waals surface area (Å²) >= 11 is 0. The number of rotatable bonds is 6. The van der Waals surface area contributed by atoms with E-state index in [1.54, 1.807) is 32.0 Å². The monoisotopic (exact) mass is 473 g/mol. The van der Waals surface area contributed by atoms with Crippen molar-refractivity contribution >= 4 is 0 Å². The number of hydrogen-bond donors (Lipinski definition) is 0. The lowest BCUT2D eigenvalue weighted by atomic mass is 10.0. The van der Waals surface area contributed by atoms with E-state index >= 15 is 0 Å². The van der Waals surface area contributed by atoms with E-state index in [1.165, 1.54) is 12.1 Å². The summed E-state index contributed by atoms with van der Waals surface area (Å²) in [5.74, 6) is -0.347. The van der Waals surface area contributed by atoms with Crippen LogP contribution in [0.3, 0.4) is 0 Å². The highest BCUT2D eigenvalue weighted by atomic mass is 19.4. The van der Waals surface area contributed by atoms with Gasteiger partial charge in [-0.3, -0.25) is 4.90 Å². The quantitative estimate of drug-likeness (QED) is 0.366. The van der Waals surface area contributed by atoms with Crippen molar-refractivity contribution in [2.75, 3.05) is 13.2 Å². The molecule has 0 saturated carbocycles. The standard InChI is InChI=1S/C27H27F4NO2/c1-18-14-22(16-23(15-18)27(29,30)31)19(2)34-26-25(21-8-10-24(28)11-9-21)32(12-13-33-26)17-20-6-4-3-5-7-20/h3-11,14-16,19,25-26H,12-13,17H2,1-2H3/t19-,25+,26-/m1/s1. The Balaban J connectivity index is 1.62. The second-order valence-corrected chi connectivity index (χ2v) is 8.60. The molecule has 0 aliphatic carbocycles. The second kappa shape index (κ2) is 10.3. The third-order valence-corrected chi connectivity index (χ3v) is 5.99. The maximum atomic E-state index is 13.6. The molecule has 4 rings (SSSR count). The Morgan fingerprint density at radius 1 is 1.03 bits per heavy atom. The molecule has 0 aromatic heterocycles. The van der Waals surface area contributed by atoms with Crippen molar-refractivity contribution in [3.63, 3.8) is 0 Å². The Hall–Kier alpha value is -2.74. The van der Waals surface area contributed by atoms with Gasteiger partial charge >= 0.3 is 6.18 Å². The Morgan fingerprint density at radius 3 is 2.41 bits per heavy atom. The number of aryl methyl sites for hydroxylation is 1. The van der Waals surface area contributed by atoms with Gasteiger partial charge in [0, 0.05) is 13.1 Å². The van der Waals surface area contributed by atoms with Gasteiger partial charge in [0.1, 0.15) is 5.82 Å². The van der Waals surface area contributed by atoms with E-state index in [2.05, 4.69) is 4.90 Å². The zero-order valence-corrected chi connectivity index (χ0v) is 19.1. The molecule has 7 heteroatoms. The van der Waals surface area contributed by atoms with E-state index in [0.29, 0.717) is 30.8 Å². The largest absolute Gasteiger partial charge is 0.416 e. The first-order valence-electron chi connectivity index (χ1n) is 11.2. The van der Waals surface area contributed by atoms with Crippen molar-refractivity contribution in [2.45, 2.75) is 45.0 Å². The minimum atomic E-state index is -4.44. The summed E-state index contributed by atoms with van der Waals surface area (Å²) in [7, 11) is 0. The van der Waals surface area contributed by atoms with Gasteiger partial charge in [-0.05, 0) is 54.8 Å². The van der Waals surface area contributed by atoms with Gasteiger partial charge in [0.05, 0.1) is 24.3 Å². The number of morpholine rings is 1. The zero-order chi connectivity index (χ0) is 24.3. The van der Waals surface area contributed by atoms with Gasteiger partial charge < -0.3 is 9.47 Å². The molecule has 0 amide bonds. The van der Waals surface area contributed by atoms with Gasteiger partial charge in [0.15, 0.2) is 6.29 Å². The highest BCUT2D eigenvalue weighted by Crippen LogP contribution is 2.37. The molecule has 1 aliphatic heterocycles. The fraction of sp³-hybridized carbons (Fsp3) is 0.333. The molecule has 0 spiro atoms. The van der Waals surface area contributed by atoms with Gasteiger partial charge in [0.25, 0.3) is 0 Å². The minimum Gasteiger partial charge on any atom is -0.349 e. The molecule has 180 valence electrons. The van der Waals surface area contributed by atoms with Crippen LogP contribution in [0.2, 0.25) is 0 Å². The second-order valence-electron chi connectivity index (χ2n) is 8.60. The van der Waals surface area contributed by atoms with Crippen LogP contribution < -0.4 is 0 Å². The van der Waals surface area contributed by atoms with E-state index in [9.17, 15) is 17.6 Å². The number of nitrogens with zero attached hydrogens (tertiary/aromatic N) is 1. The summed E-state index contributed by atoms with van der Waals surface area (Å²) in [6.07, 6.45) is -5.83. The van der Waals surface area contributed by atoms with Gasteiger partial charge in [-0.1, -0.05) is 54.1 Å². The van der Waals surface area contributed by atoms with Gasteiger partial charge in [-0.15, -0.1) is 0 Å². The van der Waals surface area contributed by atoms with Crippen molar-refractivity contribution in [3.8, 4) is 0 Å². The van der Waals surface area contributed by atoms with Crippen LogP contribution in [-0.4, -0.2) is 24.3 Å². The molecule has 3 atom stereocenters. The predicted molar refractivity (Wildman–Crippen MR) is 121 cm³/mol. The van der Waals surface area contributed by atoms with Crippen molar-refractivity contribution in [2.24, 2.45) is 0 Å². The molecular weight excluding hydrogens is 446 g/mol. The number of alkyl halides is 3. The molecule has 0 bridgehead atoms. The van der Waals surface area contributed by atoms with Crippen LogP contribution in [0.5, 0.6) is 0 Å². The Bertz CT molecular complexity index is 1090. The number of ether oxygens (including phenoxy) is 2. The van der Waals surface area contributed by atoms with Gasteiger partial charge in [-0.25, -0.2) is 4.39 Å². The third-order valence-electron chi connectivity index (χ3n) is 5.99. The SMILES string of the molecule is Cc1cc([C@@H](C)O[C@H]2OCCN(Cc3ccccc3)[C@H]2c2ccc(F)cc2)cc(C(F)(F)F)c1. The van der Waals surface area contributed by atoms with E-state index in [-0.39, 0.29) is 11.9 Å². The first-order chi connectivity index (χ1) is 16.2. The van der Waals surface area contributed by atoms with Gasteiger partial charge in [0.2, 0.25) is 0 Å². The van der Waals surface area contributed by atoms with Crippen LogP contribution in [0.15, 0.2) is 72.8 Å². The van der Waals surface area contributed by atoms with Crippen LogP contribution in [0.1, 0.15) is 46.9 Å². The lowest BCUT2D eigenvalue weighted by Crippen LogP contribution is -2.46. The highest BCUT2D eigenvalue weighted by Gasteiger charge is 2.36. The Morgan fingerprint density at radius 2 is 1.74 bits per heavy atom. The highest BCUT2D eigenvalue weighted by molar-refractivity contribution is 5.32. The average molecular weight is 474 g/mol. The van der Waals surface area contributed by atoms with E-state index in [4.69, 9.17) is 9.47 Å². The molecular formula is C27H27F4NO2. The zero-order valence-electron chi connectivity index (χ0n) is 19.1. The van der Waals surface area contributed by atoms with Crippen LogP contribution in [-0.2, 0) is 22.2 Å². The Labute approximate surface area is 196 Å². The molecule has 0 unspecified atom stereocenters. The maximum absolute atomic E-state index is 13.6. The molecule has 1 saturated heterocycles. The first-order valence-corrected chi connectivity index (χ1v) is 11.2. The molecule has 3 aromatic carbocycles. The number of halogens is 4. The summed E-state index contributed by atoms with van der Waals surface area (Å²) in [4.78, 5) is 2.20. The van der Waals surface area contributed by atoms with Crippen LogP contribution in [0.4, 0.5) is 17.6 Å². The molecule has 0 N–H and O–H groups in total. The van der Waals surface area contributed by atoms with Gasteiger partial charge in [-0.2, -0.15) is 13.2 Å². The molecule has 3 aromatic rings. The van der Waals surface area contributed by atoms with E-state index in [0.717, 1.165) is 23.3 Å². The van der Waals surface area contributed by atoms with Crippen LogP contribution in [0.25, 0.3) is 0 Å². The minimum absolute atomic E-state index is 0.347.